The van der Waals surface area contributed by atoms with E-state index in [-0.39, 0.29) is 0 Å². The van der Waals surface area contributed by atoms with Gasteiger partial charge in [0.05, 0.1) is 6.20 Å². The molecule has 1 fully saturated rings. The summed E-state index contributed by atoms with van der Waals surface area (Å²) in [6, 6.07) is 0. The molecule has 3 nitrogen and oxygen atoms in total. The molecule has 0 saturated heterocycles. The average molecular weight is 208 g/mol. The van der Waals surface area contributed by atoms with E-state index in [9.17, 15) is 0 Å². The first-order valence-electron chi connectivity index (χ1n) is 5.99. The van der Waals surface area contributed by atoms with Gasteiger partial charge in [-0.05, 0) is 32.9 Å². The first kappa shape index (κ1) is 10.7. The molecule has 0 spiro atoms. The van der Waals surface area contributed by atoms with Crippen molar-refractivity contribution in [2.45, 2.75) is 44.4 Å². The fraction of sp³-hybridized carbons (Fsp3) is 0.750. The van der Waals surface area contributed by atoms with Crippen molar-refractivity contribution in [3.63, 3.8) is 0 Å². The van der Waals surface area contributed by atoms with Crippen LogP contribution in [0, 0.1) is 0 Å². The Morgan fingerprint density at radius 1 is 1.47 bits per heavy atom. The Bertz CT molecular complexity index is 290. The minimum Gasteiger partial charge on any atom is -0.445 e. The SMILES string of the molecule is CNCCCc1ncc(C2CCCC2)o1. The number of oxazole rings is 1. The first-order chi connectivity index (χ1) is 7.40. The molecule has 0 atom stereocenters. The molecule has 0 radical (unpaired) electrons. The molecule has 2 rings (SSSR count). The smallest absolute Gasteiger partial charge is 0.194 e. The first-order valence-corrected chi connectivity index (χ1v) is 5.99. The van der Waals surface area contributed by atoms with Crippen LogP contribution in [-0.4, -0.2) is 18.6 Å². The van der Waals surface area contributed by atoms with Crippen molar-refractivity contribution >= 4 is 0 Å². The second-order valence-electron chi connectivity index (χ2n) is 4.34. The summed E-state index contributed by atoms with van der Waals surface area (Å²) in [5.74, 6) is 2.68. The van der Waals surface area contributed by atoms with Crippen LogP contribution in [0.4, 0.5) is 0 Å². The number of rotatable bonds is 5. The van der Waals surface area contributed by atoms with Crippen molar-refractivity contribution < 1.29 is 4.42 Å². The maximum absolute atomic E-state index is 5.78. The van der Waals surface area contributed by atoms with E-state index in [1.54, 1.807) is 0 Å². The zero-order valence-corrected chi connectivity index (χ0v) is 9.46. The predicted molar refractivity (Wildman–Crippen MR) is 60.0 cm³/mol. The Morgan fingerprint density at radius 2 is 2.27 bits per heavy atom. The van der Waals surface area contributed by atoms with Gasteiger partial charge in [0.25, 0.3) is 0 Å². The number of aromatic nitrogens is 1. The van der Waals surface area contributed by atoms with Crippen LogP contribution in [0.5, 0.6) is 0 Å². The Labute approximate surface area is 91.3 Å². The summed E-state index contributed by atoms with van der Waals surface area (Å²) >= 11 is 0. The van der Waals surface area contributed by atoms with E-state index < -0.39 is 0 Å². The van der Waals surface area contributed by atoms with Gasteiger partial charge in [0.15, 0.2) is 5.89 Å². The summed E-state index contributed by atoms with van der Waals surface area (Å²) in [6.07, 6.45) is 9.25. The van der Waals surface area contributed by atoms with Crippen molar-refractivity contribution in [1.82, 2.24) is 10.3 Å². The van der Waals surface area contributed by atoms with Gasteiger partial charge < -0.3 is 9.73 Å². The maximum Gasteiger partial charge on any atom is 0.194 e. The number of nitrogens with one attached hydrogen (secondary N) is 1. The van der Waals surface area contributed by atoms with Crippen LogP contribution in [0.15, 0.2) is 10.6 Å². The fourth-order valence-corrected chi connectivity index (χ4v) is 2.26. The lowest BCUT2D eigenvalue weighted by Crippen LogP contribution is -2.08. The maximum atomic E-state index is 5.78. The fourth-order valence-electron chi connectivity index (χ4n) is 2.26. The molecule has 1 aromatic rings. The second kappa shape index (κ2) is 5.31. The molecule has 1 N–H and O–H groups in total. The molecule has 1 aromatic heterocycles. The molecular formula is C12H20N2O. The van der Waals surface area contributed by atoms with E-state index >= 15 is 0 Å². The second-order valence-corrected chi connectivity index (χ2v) is 4.34. The summed E-state index contributed by atoms with van der Waals surface area (Å²) in [4.78, 5) is 4.34. The normalized spacial score (nSPS) is 17.4. The van der Waals surface area contributed by atoms with Crippen LogP contribution in [0.1, 0.15) is 49.7 Å². The molecule has 15 heavy (non-hydrogen) atoms. The van der Waals surface area contributed by atoms with Gasteiger partial charge in [0.1, 0.15) is 5.76 Å². The number of hydrogen-bond acceptors (Lipinski definition) is 3. The van der Waals surface area contributed by atoms with Crippen molar-refractivity contribution in [1.29, 1.82) is 0 Å². The summed E-state index contributed by atoms with van der Waals surface area (Å²) in [5.41, 5.74) is 0. The molecular weight excluding hydrogens is 188 g/mol. The molecule has 0 amide bonds. The molecule has 1 aliphatic carbocycles. The molecule has 3 heteroatoms. The third-order valence-electron chi connectivity index (χ3n) is 3.15. The Balaban J connectivity index is 1.86. The predicted octanol–water partition coefficient (Wildman–Crippen LogP) is 2.48. The monoisotopic (exact) mass is 208 g/mol. The van der Waals surface area contributed by atoms with Gasteiger partial charge in [-0.15, -0.1) is 0 Å². The van der Waals surface area contributed by atoms with E-state index in [1.165, 1.54) is 25.7 Å². The third-order valence-corrected chi connectivity index (χ3v) is 3.15. The van der Waals surface area contributed by atoms with Crippen LogP contribution in [0.2, 0.25) is 0 Å². The average Bonchev–Trinajstić information content (AvgIpc) is 2.87. The van der Waals surface area contributed by atoms with Crippen molar-refractivity contribution in [3.8, 4) is 0 Å². The van der Waals surface area contributed by atoms with E-state index in [0.717, 1.165) is 31.0 Å². The topological polar surface area (TPSA) is 38.1 Å². The zero-order chi connectivity index (χ0) is 10.5. The Kier molecular flexibility index (Phi) is 3.78. The van der Waals surface area contributed by atoms with Crippen molar-refractivity contribution in [2.75, 3.05) is 13.6 Å². The van der Waals surface area contributed by atoms with E-state index in [0.29, 0.717) is 5.92 Å². The van der Waals surface area contributed by atoms with Gasteiger partial charge in [0, 0.05) is 12.3 Å². The highest BCUT2D eigenvalue weighted by atomic mass is 16.4. The summed E-state index contributed by atoms with van der Waals surface area (Å²) < 4.78 is 5.78. The Morgan fingerprint density at radius 3 is 3.00 bits per heavy atom. The zero-order valence-electron chi connectivity index (χ0n) is 9.46. The third kappa shape index (κ3) is 2.81. The van der Waals surface area contributed by atoms with Gasteiger partial charge in [-0.2, -0.15) is 0 Å². The van der Waals surface area contributed by atoms with Gasteiger partial charge in [-0.1, -0.05) is 12.8 Å². The van der Waals surface area contributed by atoms with Gasteiger partial charge in [-0.3, -0.25) is 0 Å². The van der Waals surface area contributed by atoms with Gasteiger partial charge in [-0.25, -0.2) is 4.98 Å². The number of aryl methyl sites for hydroxylation is 1. The standard InChI is InChI=1S/C12H20N2O/c1-13-8-4-7-12-14-9-11(15-12)10-5-2-3-6-10/h9-10,13H,2-8H2,1H3. The largest absolute Gasteiger partial charge is 0.445 e. The lowest BCUT2D eigenvalue weighted by Gasteiger charge is -2.02. The van der Waals surface area contributed by atoms with Crippen LogP contribution in [0.3, 0.4) is 0 Å². The van der Waals surface area contributed by atoms with Gasteiger partial charge in [0.2, 0.25) is 0 Å². The van der Waals surface area contributed by atoms with E-state index in [2.05, 4.69) is 10.3 Å². The molecule has 0 unspecified atom stereocenters. The summed E-state index contributed by atoms with van der Waals surface area (Å²) in [6.45, 7) is 1.03. The molecule has 0 aliphatic heterocycles. The van der Waals surface area contributed by atoms with Crippen LogP contribution < -0.4 is 5.32 Å². The lowest BCUT2D eigenvalue weighted by molar-refractivity contribution is 0.419. The summed E-state index contributed by atoms with van der Waals surface area (Å²) in [5, 5.41) is 3.13. The number of nitrogens with zero attached hydrogens (tertiary/aromatic N) is 1. The Hall–Kier alpha value is -0.830. The molecule has 0 aromatic carbocycles. The lowest BCUT2D eigenvalue weighted by atomic mass is 10.1. The highest BCUT2D eigenvalue weighted by Crippen LogP contribution is 2.34. The van der Waals surface area contributed by atoms with Gasteiger partial charge >= 0.3 is 0 Å². The van der Waals surface area contributed by atoms with Crippen LogP contribution in [-0.2, 0) is 6.42 Å². The minimum atomic E-state index is 0.649. The summed E-state index contributed by atoms with van der Waals surface area (Å²) in [7, 11) is 1.97. The van der Waals surface area contributed by atoms with Crippen LogP contribution in [0.25, 0.3) is 0 Å². The molecule has 1 heterocycles. The molecule has 0 bridgehead atoms. The highest BCUT2D eigenvalue weighted by molar-refractivity contribution is 5.03. The molecule has 84 valence electrons. The highest BCUT2D eigenvalue weighted by Gasteiger charge is 2.20. The molecule has 1 saturated carbocycles. The number of hydrogen-bond donors (Lipinski definition) is 1. The van der Waals surface area contributed by atoms with Crippen molar-refractivity contribution in [2.24, 2.45) is 0 Å². The quantitative estimate of drug-likeness (QED) is 0.755. The molecule has 1 aliphatic rings. The van der Waals surface area contributed by atoms with Crippen LogP contribution >= 0.6 is 0 Å². The minimum absolute atomic E-state index is 0.649. The van der Waals surface area contributed by atoms with E-state index in [1.807, 2.05) is 13.2 Å². The van der Waals surface area contributed by atoms with Crippen molar-refractivity contribution in [3.05, 3.63) is 17.8 Å². The van der Waals surface area contributed by atoms with E-state index in [4.69, 9.17) is 4.42 Å².